The van der Waals surface area contributed by atoms with Gasteiger partial charge in [0.25, 0.3) is 5.69 Å². The minimum atomic E-state index is -0.451. The number of rotatable bonds is 5. The van der Waals surface area contributed by atoms with E-state index in [9.17, 15) is 10.1 Å². The fraction of sp³-hybridized carbons (Fsp3) is 0.0667. The van der Waals surface area contributed by atoms with E-state index < -0.39 is 4.92 Å². The Morgan fingerprint density at radius 1 is 1.33 bits per heavy atom. The van der Waals surface area contributed by atoms with Crippen molar-refractivity contribution in [1.29, 1.82) is 0 Å². The number of non-ortho nitro benzene ring substituents is 1. The molecule has 0 aliphatic heterocycles. The SMILES string of the molecule is Cc1cnn(-c2cc(N/N=C/c3cccc([N+](=O)[O-])c3)ncn2)c1. The predicted molar refractivity (Wildman–Crippen MR) is 88.2 cm³/mol. The van der Waals surface area contributed by atoms with Crippen LogP contribution in [0.25, 0.3) is 5.82 Å². The fourth-order valence-electron chi connectivity index (χ4n) is 1.96. The lowest BCUT2D eigenvalue weighted by Crippen LogP contribution is -2.01. The first-order valence-corrected chi connectivity index (χ1v) is 6.99. The first-order chi connectivity index (χ1) is 11.6. The summed E-state index contributed by atoms with van der Waals surface area (Å²) in [5.74, 6) is 1.08. The molecule has 1 aromatic carbocycles. The van der Waals surface area contributed by atoms with Gasteiger partial charge in [-0.2, -0.15) is 10.2 Å². The van der Waals surface area contributed by atoms with Gasteiger partial charge in [0.1, 0.15) is 6.33 Å². The van der Waals surface area contributed by atoms with Gasteiger partial charge in [-0.25, -0.2) is 14.6 Å². The molecule has 9 nitrogen and oxygen atoms in total. The molecule has 0 fully saturated rings. The highest BCUT2D eigenvalue weighted by molar-refractivity contribution is 5.81. The first-order valence-electron chi connectivity index (χ1n) is 6.99. The van der Waals surface area contributed by atoms with Crippen LogP contribution >= 0.6 is 0 Å². The van der Waals surface area contributed by atoms with Gasteiger partial charge in [-0.3, -0.25) is 15.5 Å². The van der Waals surface area contributed by atoms with E-state index in [0.29, 0.717) is 17.2 Å². The number of nitrogens with zero attached hydrogens (tertiary/aromatic N) is 6. The van der Waals surface area contributed by atoms with E-state index in [4.69, 9.17) is 0 Å². The first kappa shape index (κ1) is 15.3. The van der Waals surface area contributed by atoms with Crippen LogP contribution in [0, 0.1) is 17.0 Å². The van der Waals surface area contributed by atoms with Crippen LogP contribution in [0.3, 0.4) is 0 Å². The van der Waals surface area contributed by atoms with Crippen molar-refractivity contribution in [1.82, 2.24) is 19.7 Å². The summed E-state index contributed by atoms with van der Waals surface area (Å²) in [6.45, 7) is 1.94. The van der Waals surface area contributed by atoms with Crippen molar-refractivity contribution in [3.63, 3.8) is 0 Å². The van der Waals surface area contributed by atoms with Crippen LogP contribution < -0.4 is 5.43 Å². The molecule has 1 N–H and O–H groups in total. The molecular formula is C15H13N7O2. The van der Waals surface area contributed by atoms with Crippen LogP contribution in [0.2, 0.25) is 0 Å². The number of anilines is 1. The van der Waals surface area contributed by atoms with E-state index >= 15 is 0 Å². The summed E-state index contributed by atoms with van der Waals surface area (Å²) in [7, 11) is 0. The van der Waals surface area contributed by atoms with E-state index in [1.807, 2.05) is 13.1 Å². The molecule has 9 heteroatoms. The molecule has 2 heterocycles. The zero-order chi connectivity index (χ0) is 16.9. The molecule has 0 saturated heterocycles. The minimum Gasteiger partial charge on any atom is -0.261 e. The third-order valence-corrected chi connectivity index (χ3v) is 3.07. The lowest BCUT2D eigenvalue weighted by Gasteiger charge is -2.02. The second kappa shape index (κ2) is 6.65. The summed E-state index contributed by atoms with van der Waals surface area (Å²) in [5, 5.41) is 19.0. The van der Waals surface area contributed by atoms with Gasteiger partial charge in [0.05, 0.1) is 17.3 Å². The normalized spacial score (nSPS) is 10.9. The molecule has 0 aliphatic rings. The summed E-state index contributed by atoms with van der Waals surface area (Å²) in [5.41, 5.74) is 4.40. The van der Waals surface area contributed by atoms with Crippen molar-refractivity contribution in [2.45, 2.75) is 6.92 Å². The molecule has 2 aromatic heterocycles. The standard InChI is InChI=1S/C15H13N7O2/c1-11-7-19-21(9-11)15-6-14(16-10-17-15)20-18-8-12-3-2-4-13(5-12)22(23)24/h2-10H,1H3,(H,16,17,20)/b18-8+. The molecule has 0 unspecified atom stereocenters. The summed E-state index contributed by atoms with van der Waals surface area (Å²) >= 11 is 0. The molecule has 0 spiro atoms. The Labute approximate surface area is 136 Å². The average Bonchev–Trinajstić information content (AvgIpc) is 3.02. The largest absolute Gasteiger partial charge is 0.270 e. The highest BCUT2D eigenvalue weighted by atomic mass is 16.6. The van der Waals surface area contributed by atoms with Crippen LogP contribution in [0.5, 0.6) is 0 Å². The average molecular weight is 323 g/mol. The van der Waals surface area contributed by atoms with Crippen LogP contribution in [-0.2, 0) is 0 Å². The van der Waals surface area contributed by atoms with E-state index in [1.54, 1.807) is 29.1 Å². The maximum atomic E-state index is 10.7. The fourth-order valence-corrected chi connectivity index (χ4v) is 1.96. The Balaban J connectivity index is 1.73. The van der Waals surface area contributed by atoms with E-state index in [1.165, 1.54) is 24.7 Å². The number of hydrogen-bond donors (Lipinski definition) is 1. The lowest BCUT2D eigenvalue weighted by atomic mass is 10.2. The Hall–Kier alpha value is -3.62. The van der Waals surface area contributed by atoms with Gasteiger partial charge in [-0.1, -0.05) is 12.1 Å². The summed E-state index contributed by atoms with van der Waals surface area (Å²) in [6.07, 6.45) is 6.46. The molecule has 0 saturated carbocycles. The Bertz CT molecular complexity index is 904. The molecule has 0 bridgehead atoms. The summed E-state index contributed by atoms with van der Waals surface area (Å²) in [6, 6.07) is 7.87. The van der Waals surface area contributed by atoms with Crippen molar-refractivity contribution in [3.8, 4) is 5.82 Å². The predicted octanol–water partition coefficient (Wildman–Crippen LogP) is 2.32. The maximum Gasteiger partial charge on any atom is 0.270 e. The second-order valence-electron chi connectivity index (χ2n) is 4.95. The topological polar surface area (TPSA) is 111 Å². The number of hydrazone groups is 1. The smallest absolute Gasteiger partial charge is 0.261 e. The number of hydrogen-bond acceptors (Lipinski definition) is 7. The molecule has 24 heavy (non-hydrogen) atoms. The lowest BCUT2D eigenvalue weighted by molar-refractivity contribution is -0.384. The van der Waals surface area contributed by atoms with Gasteiger partial charge in [0.15, 0.2) is 11.6 Å². The number of nitrogens with one attached hydrogen (secondary N) is 1. The minimum absolute atomic E-state index is 0.0114. The number of nitro benzene ring substituents is 1. The number of aromatic nitrogens is 4. The molecule has 120 valence electrons. The molecule has 3 aromatic rings. The van der Waals surface area contributed by atoms with E-state index in [0.717, 1.165) is 5.56 Å². The van der Waals surface area contributed by atoms with Crippen molar-refractivity contribution in [3.05, 3.63) is 70.3 Å². The van der Waals surface area contributed by atoms with Crippen molar-refractivity contribution >= 4 is 17.7 Å². The molecular weight excluding hydrogens is 310 g/mol. The monoisotopic (exact) mass is 323 g/mol. The van der Waals surface area contributed by atoms with Gasteiger partial charge in [0.2, 0.25) is 0 Å². The Morgan fingerprint density at radius 3 is 2.96 bits per heavy atom. The summed E-state index contributed by atoms with van der Waals surface area (Å²) in [4.78, 5) is 18.5. The van der Waals surface area contributed by atoms with E-state index in [2.05, 4.69) is 25.6 Å². The maximum absolute atomic E-state index is 10.7. The molecule has 0 amide bonds. The number of nitro groups is 1. The molecule has 3 rings (SSSR count). The van der Waals surface area contributed by atoms with Gasteiger partial charge >= 0.3 is 0 Å². The van der Waals surface area contributed by atoms with Crippen molar-refractivity contribution in [2.75, 3.05) is 5.43 Å². The summed E-state index contributed by atoms with van der Waals surface area (Å²) < 4.78 is 1.63. The van der Waals surface area contributed by atoms with Gasteiger partial charge in [0, 0.05) is 30.0 Å². The third-order valence-electron chi connectivity index (χ3n) is 3.07. The zero-order valence-corrected chi connectivity index (χ0v) is 12.7. The molecule has 0 aliphatic carbocycles. The quantitative estimate of drug-likeness (QED) is 0.438. The highest BCUT2D eigenvalue weighted by Crippen LogP contribution is 2.12. The Morgan fingerprint density at radius 2 is 2.21 bits per heavy atom. The van der Waals surface area contributed by atoms with Crippen LogP contribution in [0.1, 0.15) is 11.1 Å². The third kappa shape index (κ3) is 3.58. The van der Waals surface area contributed by atoms with Crippen molar-refractivity contribution in [2.24, 2.45) is 5.10 Å². The number of benzene rings is 1. The van der Waals surface area contributed by atoms with Crippen LogP contribution in [0.15, 0.2) is 54.2 Å². The van der Waals surface area contributed by atoms with Crippen molar-refractivity contribution < 1.29 is 4.92 Å². The second-order valence-corrected chi connectivity index (χ2v) is 4.95. The van der Waals surface area contributed by atoms with Gasteiger partial charge in [-0.15, -0.1) is 0 Å². The van der Waals surface area contributed by atoms with E-state index in [-0.39, 0.29) is 5.69 Å². The molecule has 0 radical (unpaired) electrons. The number of aryl methyl sites for hydroxylation is 1. The van der Waals surface area contributed by atoms with Gasteiger partial charge < -0.3 is 0 Å². The molecule has 0 atom stereocenters. The zero-order valence-electron chi connectivity index (χ0n) is 12.7. The van der Waals surface area contributed by atoms with Gasteiger partial charge in [-0.05, 0) is 12.5 Å². The van der Waals surface area contributed by atoms with Crippen LogP contribution in [0.4, 0.5) is 11.5 Å². The highest BCUT2D eigenvalue weighted by Gasteiger charge is 2.04. The Kier molecular flexibility index (Phi) is 4.23. The van der Waals surface area contributed by atoms with Crippen LogP contribution in [-0.4, -0.2) is 30.9 Å².